The summed E-state index contributed by atoms with van der Waals surface area (Å²) in [5, 5.41) is 3.22. The van der Waals surface area contributed by atoms with Gasteiger partial charge in [-0.25, -0.2) is 0 Å². The first kappa shape index (κ1) is 25.6. The quantitative estimate of drug-likeness (QED) is 0.410. The molecule has 37 heavy (non-hydrogen) atoms. The summed E-state index contributed by atoms with van der Waals surface area (Å²) in [5.74, 6) is 0.234. The lowest BCUT2D eigenvalue weighted by Crippen LogP contribution is -2.45. The van der Waals surface area contributed by atoms with Crippen LogP contribution in [0.4, 0.5) is 0 Å². The van der Waals surface area contributed by atoms with Gasteiger partial charge >= 0.3 is 0 Å². The minimum atomic E-state index is -0.208. The van der Waals surface area contributed by atoms with Crippen LogP contribution in [0.1, 0.15) is 53.2 Å². The lowest BCUT2D eigenvalue weighted by molar-refractivity contribution is -0.138. The predicted molar refractivity (Wildman–Crippen MR) is 148 cm³/mol. The molecule has 2 saturated heterocycles. The Labute approximate surface area is 227 Å². The van der Waals surface area contributed by atoms with Gasteiger partial charge in [0.15, 0.2) is 0 Å². The molecule has 7 heteroatoms. The summed E-state index contributed by atoms with van der Waals surface area (Å²) in [4.78, 5) is 34.8. The minimum Gasteiger partial charge on any atom is -0.345 e. The first-order chi connectivity index (χ1) is 18.0. The molecular formula is C30H33BrN4O2. The Balaban J connectivity index is 1.16. The van der Waals surface area contributed by atoms with Gasteiger partial charge in [0.1, 0.15) is 0 Å². The maximum Gasteiger partial charge on any atom is 0.251 e. The highest BCUT2D eigenvalue weighted by Gasteiger charge is 2.47. The summed E-state index contributed by atoms with van der Waals surface area (Å²) in [5.41, 5.74) is 2.68. The summed E-state index contributed by atoms with van der Waals surface area (Å²) in [7, 11) is 0. The second-order valence-electron chi connectivity index (χ2n) is 10.2. The Morgan fingerprint density at radius 3 is 2.32 bits per heavy atom. The number of hydrogen-bond acceptors (Lipinski definition) is 4. The second kappa shape index (κ2) is 11.6. The standard InChI is InChI=1S/C30H33BrN4O2/c31-26-8-6-23(7-9-26)22-35-21-15-30(29(35)37)13-19-34(20-14-30)18-12-27(24-4-2-1-3-5-24)33-28(36)25-10-16-32-17-11-25/h1-11,16-17,27H,12-15,18-22H2,(H,33,36). The van der Waals surface area contributed by atoms with Gasteiger partial charge in [-0.1, -0.05) is 58.4 Å². The van der Waals surface area contributed by atoms with Crippen LogP contribution in [-0.2, 0) is 11.3 Å². The Bertz CT molecular complexity index is 1200. The highest BCUT2D eigenvalue weighted by molar-refractivity contribution is 9.10. The number of aromatic nitrogens is 1. The monoisotopic (exact) mass is 560 g/mol. The Morgan fingerprint density at radius 1 is 0.946 bits per heavy atom. The van der Waals surface area contributed by atoms with Crippen molar-refractivity contribution < 1.29 is 9.59 Å². The smallest absolute Gasteiger partial charge is 0.251 e. The van der Waals surface area contributed by atoms with E-state index in [0.717, 1.165) is 61.9 Å². The number of pyridine rings is 1. The molecule has 2 fully saturated rings. The van der Waals surface area contributed by atoms with E-state index in [1.165, 1.54) is 5.56 Å². The summed E-state index contributed by atoms with van der Waals surface area (Å²) in [6, 6.07) is 21.8. The summed E-state index contributed by atoms with van der Waals surface area (Å²) in [6.07, 6.45) is 6.85. The highest BCUT2D eigenvalue weighted by atomic mass is 79.9. The lowest BCUT2D eigenvalue weighted by Gasteiger charge is -2.38. The summed E-state index contributed by atoms with van der Waals surface area (Å²) in [6.45, 7) is 4.23. The maximum atomic E-state index is 13.4. The number of halogens is 1. The van der Waals surface area contributed by atoms with Gasteiger partial charge in [0.2, 0.25) is 5.91 Å². The molecular weight excluding hydrogens is 528 g/mol. The van der Waals surface area contributed by atoms with E-state index in [4.69, 9.17) is 0 Å². The average Bonchev–Trinajstić information content (AvgIpc) is 3.23. The molecule has 192 valence electrons. The molecule has 1 N–H and O–H groups in total. The number of carbonyl (C=O) groups is 2. The van der Waals surface area contributed by atoms with Crippen molar-refractivity contribution in [1.29, 1.82) is 0 Å². The van der Waals surface area contributed by atoms with E-state index >= 15 is 0 Å². The number of amides is 2. The third-order valence-corrected chi connectivity index (χ3v) is 8.41. The molecule has 2 aromatic carbocycles. The molecule has 0 saturated carbocycles. The lowest BCUT2D eigenvalue weighted by atomic mass is 9.77. The molecule has 3 aromatic rings. The number of likely N-dealkylation sites (tertiary alicyclic amines) is 2. The van der Waals surface area contributed by atoms with Crippen molar-refractivity contribution in [3.8, 4) is 0 Å². The molecule has 1 spiro atoms. The van der Waals surface area contributed by atoms with E-state index in [2.05, 4.69) is 55.4 Å². The van der Waals surface area contributed by atoms with Crippen LogP contribution in [0.2, 0.25) is 0 Å². The zero-order valence-corrected chi connectivity index (χ0v) is 22.6. The van der Waals surface area contributed by atoms with Crippen molar-refractivity contribution in [1.82, 2.24) is 20.1 Å². The normalized spacial score (nSPS) is 18.2. The molecule has 1 atom stereocenters. The Kier molecular flexibility index (Phi) is 8.01. The number of benzene rings is 2. The Hall–Kier alpha value is -3.03. The third-order valence-electron chi connectivity index (χ3n) is 7.88. The largest absolute Gasteiger partial charge is 0.345 e. The van der Waals surface area contributed by atoms with E-state index < -0.39 is 0 Å². The van der Waals surface area contributed by atoms with Crippen molar-refractivity contribution in [2.75, 3.05) is 26.2 Å². The van der Waals surface area contributed by atoms with E-state index in [-0.39, 0.29) is 17.4 Å². The van der Waals surface area contributed by atoms with Gasteiger partial charge in [-0.3, -0.25) is 14.6 Å². The molecule has 5 rings (SSSR count). The molecule has 0 radical (unpaired) electrons. The van der Waals surface area contributed by atoms with Gasteiger partial charge in [-0.15, -0.1) is 0 Å². The molecule has 3 heterocycles. The van der Waals surface area contributed by atoms with Crippen molar-refractivity contribution in [3.63, 3.8) is 0 Å². The van der Waals surface area contributed by atoms with Crippen LogP contribution in [-0.4, -0.2) is 52.8 Å². The van der Waals surface area contributed by atoms with Crippen molar-refractivity contribution in [3.05, 3.63) is 100 Å². The van der Waals surface area contributed by atoms with Gasteiger partial charge < -0.3 is 15.1 Å². The summed E-state index contributed by atoms with van der Waals surface area (Å²) < 4.78 is 1.05. The van der Waals surface area contributed by atoms with Crippen LogP contribution in [0.3, 0.4) is 0 Å². The molecule has 1 aromatic heterocycles. The fourth-order valence-corrected chi connectivity index (χ4v) is 5.85. The SMILES string of the molecule is O=C(NC(CCN1CCC2(CC1)CCN(Cc1ccc(Br)cc1)C2=O)c1ccccc1)c1ccncc1. The molecule has 0 aliphatic carbocycles. The topological polar surface area (TPSA) is 65.5 Å². The molecule has 1 unspecified atom stereocenters. The number of nitrogens with zero attached hydrogens (tertiary/aromatic N) is 3. The number of piperidine rings is 1. The fraction of sp³-hybridized carbons (Fsp3) is 0.367. The van der Waals surface area contributed by atoms with Crippen LogP contribution in [0.25, 0.3) is 0 Å². The van der Waals surface area contributed by atoms with Gasteiger partial charge in [-0.05, 0) is 74.2 Å². The average molecular weight is 562 g/mol. The molecule has 6 nitrogen and oxygen atoms in total. The van der Waals surface area contributed by atoms with Crippen LogP contribution in [0, 0.1) is 5.41 Å². The predicted octanol–water partition coefficient (Wildman–Crippen LogP) is 5.22. The van der Waals surface area contributed by atoms with Crippen molar-refractivity contribution >= 4 is 27.7 Å². The zero-order valence-electron chi connectivity index (χ0n) is 21.0. The van der Waals surface area contributed by atoms with Crippen LogP contribution < -0.4 is 5.32 Å². The number of hydrogen-bond donors (Lipinski definition) is 1. The van der Waals surface area contributed by atoms with Gasteiger partial charge in [0.25, 0.3) is 5.91 Å². The summed E-state index contributed by atoms with van der Waals surface area (Å²) >= 11 is 3.48. The fourth-order valence-electron chi connectivity index (χ4n) is 5.59. The zero-order chi connectivity index (χ0) is 25.7. The molecule has 2 aliphatic rings. The van der Waals surface area contributed by atoms with Crippen molar-refractivity contribution in [2.45, 2.75) is 38.3 Å². The van der Waals surface area contributed by atoms with E-state index in [1.807, 2.05) is 35.2 Å². The van der Waals surface area contributed by atoms with Gasteiger partial charge in [-0.2, -0.15) is 0 Å². The highest BCUT2D eigenvalue weighted by Crippen LogP contribution is 2.42. The number of carbonyl (C=O) groups excluding carboxylic acids is 2. The van der Waals surface area contributed by atoms with E-state index in [1.54, 1.807) is 24.5 Å². The third kappa shape index (κ3) is 6.11. The number of nitrogens with one attached hydrogen (secondary N) is 1. The van der Waals surface area contributed by atoms with Crippen LogP contribution in [0.5, 0.6) is 0 Å². The first-order valence-corrected chi connectivity index (χ1v) is 13.8. The van der Waals surface area contributed by atoms with E-state index in [9.17, 15) is 9.59 Å². The maximum absolute atomic E-state index is 13.4. The van der Waals surface area contributed by atoms with Crippen molar-refractivity contribution in [2.24, 2.45) is 5.41 Å². The first-order valence-electron chi connectivity index (χ1n) is 13.0. The van der Waals surface area contributed by atoms with Gasteiger partial charge in [0, 0.05) is 42.1 Å². The van der Waals surface area contributed by atoms with Gasteiger partial charge in [0.05, 0.1) is 11.5 Å². The van der Waals surface area contributed by atoms with Crippen LogP contribution >= 0.6 is 15.9 Å². The molecule has 2 aliphatic heterocycles. The van der Waals surface area contributed by atoms with Crippen LogP contribution in [0.15, 0.2) is 83.6 Å². The minimum absolute atomic E-state index is 0.0766. The second-order valence-corrected chi connectivity index (χ2v) is 11.1. The van der Waals surface area contributed by atoms with E-state index in [0.29, 0.717) is 18.0 Å². The Morgan fingerprint density at radius 2 is 1.62 bits per heavy atom. The molecule has 0 bridgehead atoms. The number of rotatable bonds is 8. The molecule has 2 amide bonds.